The number of amides is 1. The van der Waals surface area contributed by atoms with E-state index in [-0.39, 0.29) is 11.9 Å². The third-order valence-corrected chi connectivity index (χ3v) is 4.32. The molecule has 2 N–H and O–H groups in total. The van der Waals surface area contributed by atoms with E-state index < -0.39 is 0 Å². The number of carbonyl (C=O) groups excluding carboxylic acids is 1. The summed E-state index contributed by atoms with van der Waals surface area (Å²) in [5.41, 5.74) is 8.52. The molecule has 19 heavy (non-hydrogen) atoms. The molecule has 0 saturated heterocycles. The predicted octanol–water partition coefficient (Wildman–Crippen LogP) is 3.26. The molecule has 3 nitrogen and oxygen atoms in total. The fourth-order valence-electron chi connectivity index (χ4n) is 2.85. The average Bonchev–Trinajstić information content (AvgIpc) is 2.38. The molecule has 1 aliphatic heterocycles. The molecule has 0 saturated carbocycles. The molecule has 0 radical (unpaired) electrons. The molecule has 104 valence electrons. The standard InChI is InChI=1S/C16H24N2O/c1-5-11(4)18-9-13(10(2)3)12-7-6-8-14(17)15(12)16(18)19/h6-8,10-11,13H,5,9,17H2,1-4H3. The summed E-state index contributed by atoms with van der Waals surface area (Å²) in [7, 11) is 0. The van der Waals surface area contributed by atoms with Crippen molar-refractivity contribution >= 4 is 11.6 Å². The van der Waals surface area contributed by atoms with Gasteiger partial charge in [0.1, 0.15) is 0 Å². The van der Waals surface area contributed by atoms with Crippen molar-refractivity contribution in [3.63, 3.8) is 0 Å². The summed E-state index contributed by atoms with van der Waals surface area (Å²) >= 11 is 0. The first kappa shape index (κ1) is 13.9. The van der Waals surface area contributed by atoms with Gasteiger partial charge in [0.05, 0.1) is 5.56 Å². The Bertz CT molecular complexity index is 482. The Morgan fingerprint density at radius 3 is 2.63 bits per heavy atom. The number of rotatable bonds is 3. The highest BCUT2D eigenvalue weighted by molar-refractivity contribution is 6.02. The van der Waals surface area contributed by atoms with Crippen LogP contribution in [0, 0.1) is 5.92 Å². The molecule has 2 atom stereocenters. The van der Waals surface area contributed by atoms with Gasteiger partial charge >= 0.3 is 0 Å². The Morgan fingerprint density at radius 1 is 1.37 bits per heavy atom. The van der Waals surface area contributed by atoms with Gasteiger partial charge in [0.2, 0.25) is 0 Å². The van der Waals surface area contributed by atoms with Gasteiger partial charge in [0, 0.05) is 24.2 Å². The molecule has 0 spiro atoms. The van der Waals surface area contributed by atoms with Crippen molar-refractivity contribution in [3.05, 3.63) is 29.3 Å². The first-order valence-electron chi connectivity index (χ1n) is 7.16. The minimum atomic E-state index is 0.0966. The topological polar surface area (TPSA) is 46.3 Å². The molecule has 1 heterocycles. The molecule has 0 bridgehead atoms. The maximum atomic E-state index is 12.7. The van der Waals surface area contributed by atoms with Crippen LogP contribution in [0.15, 0.2) is 18.2 Å². The first-order valence-corrected chi connectivity index (χ1v) is 7.16. The van der Waals surface area contributed by atoms with Crippen LogP contribution in [0.1, 0.15) is 56.0 Å². The van der Waals surface area contributed by atoms with E-state index in [1.807, 2.05) is 17.0 Å². The second-order valence-electron chi connectivity index (χ2n) is 5.88. The summed E-state index contributed by atoms with van der Waals surface area (Å²) in [5, 5.41) is 0. The van der Waals surface area contributed by atoms with Crippen LogP contribution in [-0.2, 0) is 0 Å². The van der Waals surface area contributed by atoms with Gasteiger partial charge in [0.15, 0.2) is 0 Å². The summed E-state index contributed by atoms with van der Waals surface area (Å²) in [4.78, 5) is 14.6. The van der Waals surface area contributed by atoms with Gasteiger partial charge < -0.3 is 10.6 Å². The van der Waals surface area contributed by atoms with E-state index in [0.29, 0.717) is 17.5 Å². The average molecular weight is 260 g/mol. The van der Waals surface area contributed by atoms with Crippen molar-refractivity contribution in [1.29, 1.82) is 0 Å². The van der Waals surface area contributed by atoms with Crippen LogP contribution < -0.4 is 5.73 Å². The largest absolute Gasteiger partial charge is 0.398 e. The Kier molecular flexibility index (Phi) is 3.83. The van der Waals surface area contributed by atoms with Crippen LogP contribution in [0.4, 0.5) is 5.69 Å². The van der Waals surface area contributed by atoms with Gasteiger partial charge in [-0.3, -0.25) is 4.79 Å². The monoisotopic (exact) mass is 260 g/mol. The third kappa shape index (κ3) is 2.34. The summed E-state index contributed by atoms with van der Waals surface area (Å²) in [5.74, 6) is 0.977. The minimum Gasteiger partial charge on any atom is -0.398 e. The fraction of sp³-hybridized carbons (Fsp3) is 0.562. The quantitative estimate of drug-likeness (QED) is 0.848. The Labute approximate surface area is 115 Å². The predicted molar refractivity (Wildman–Crippen MR) is 79.2 cm³/mol. The first-order chi connectivity index (χ1) is 8.97. The maximum absolute atomic E-state index is 12.7. The number of carbonyl (C=O) groups is 1. The number of fused-ring (bicyclic) bond motifs is 1. The lowest BCUT2D eigenvalue weighted by Crippen LogP contribution is -2.46. The van der Waals surface area contributed by atoms with E-state index >= 15 is 0 Å². The van der Waals surface area contributed by atoms with Gasteiger partial charge in [-0.25, -0.2) is 0 Å². The van der Waals surface area contributed by atoms with Crippen molar-refractivity contribution in [2.24, 2.45) is 5.92 Å². The highest BCUT2D eigenvalue weighted by atomic mass is 16.2. The lowest BCUT2D eigenvalue weighted by Gasteiger charge is -2.39. The van der Waals surface area contributed by atoms with Crippen LogP contribution in [-0.4, -0.2) is 23.4 Å². The number of hydrogen-bond acceptors (Lipinski definition) is 2. The molecule has 2 unspecified atom stereocenters. The van der Waals surface area contributed by atoms with Crippen LogP contribution in [0.5, 0.6) is 0 Å². The van der Waals surface area contributed by atoms with E-state index in [0.717, 1.165) is 24.1 Å². The third-order valence-electron chi connectivity index (χ3n) is 4.32. The van der Waals surface area contributed by atoms with Gasteiger partial charge in [-0.15, -0.1) is 0 Å². The molecular formula is C16H24N2O. The molecule has 2 rings (SSSR count). The zero-order valence-electron chi connectivity index (χ0n) is 12.3. The highest BCUT2D eigenvalue weighted by Crippen LogP contribution is 2.36. The summed E-state index contributed by atoms with van der Waals surface area (Å²) in [6.45, 7) is 9.46. The number of nitrogens with zero attached hydrogens (tertiary/aromatic N) is 1. The smallest absolute Gasteiger partial charge is 0.256 e. The molecule has 1 amide bonds. The van der Waals surface area contributed by atoms with Crippen LogP contribution in [0.2, 0.25) is 0 Å². The van der Waals surface area contributed by atoms with Crippen LogP contribution in [0.25, 0.3) is 0 Å². The van der Waals surface area contributed by atoms with Crippen LogP contribution in [0.3, 0.4) is 0 Å². The molecule has 0 aromatic heterocycles. The van der Waals surface area contributed by atoms with Crippen molar-refractivity contribution in [1.82, 2.24) is 4.90 Å². The SMILES string of the molecule is CCC(C)N1CC(C(C)C)c2cccc(N)c2C1=O. The summed E-state index contributed by atoms with van der Waals surface area (Å²) < 4.78 is 0. The normalized spacial score (nSPS) is 20.6. The number of benzene rings is 1. The van der Waals surface area contributed by atoms with Crippen molar-refractivity contribution in [2.75, 3.05) is 12.3 Å². The second kappa shape index (κ2) is 5.24. The molecule has 1 aliphatic rings. The van der Waals surface area contributed by atoms with E-state index in [9.17, 15) is 4.79 Å². The zero-order valence-corrected chi connectivity index (χ0v) is 12.3. The number of hydrogen-bond donors (Lipinski definition) is 1. The Morgan fingerprint density at radius 2 is 2.05 bits per heavy atom. The Hall–Kier alpha value is -1.51. The maximum Gasteiger partial charge on any atom is 0.256 e. The van der Waals surface area contributed by atoms with E-state index in [1.54, 1.807) is 0 Å². The minimum absolute atomic E-state index is 0.0966. The van der Waals surface area contributed by atoms with E-state index in [1.165, 1.54) is 0 Å². The van der Waals surface area contributed by atoms with Crippen LogP contribution >= 0.6 is 0 Å². The lowest BCUT2D eigenvalue weighted by atomic mass is 9.81. The summed E-state index contributed by atoms with van der Waals surface area (Å²) in [6.07, 6.45) is 0.971. The number of nitrogen functional groups attached to an aromatic ring is 1. The number of nitrogens with two attached hydrogens (primary N) is 1. The fourth-order valence-corrected chi connectivity index (χ4v) is 2.85. The Balaban J connectivity index is 2.52. The second-order valence-corrected chi connectivity index (χ2v) is 5.88. The molecule has 0 fully saturated rings. The molecule has 1 aromatic carbocycles. The molecule has 0 aliphatic carbocycles. The van der Waals surface area contributed by atoms with Crippen molar-refractivity contribution < 1.29 is 4.79 Å². The molecule has 1 aromatic rings. The molecular weight excluding hydrogens is 236 g/mol. The van der Waals surface area contributed by atoms with E-state index in [4.69, 9.17) is 5.73 Å². The van der Waals surface area contributed by atoms with Crippen molar-refractivity contribution in [2.45, 2.75) is 46.1 Å². The summed E-state index contributed by atoms with van der Waals surface area (Å²) in [6, 6.07) is 6.10. The lowest BCUT2D eigenvalue weighted by molar-refractivity contribution is 0.0633. The highest BCUT2D eigenvalue weighted by Gasteiger charge is 2.35. The van der Waals surface area contributed by atoms with Gasteiger partial charge in [-0.05, 0) is 30.9 Å². The van der Waals surface area contributed by atoms with Crippen molar-refractivity contribution in [3.8, 4) is 0 Å². The number of anilines is 1. The van der Waals surface area contributed by atoms with Gasteiger partial charge in [0.25, 0.3) is 5.91 Å². The van der Waals surface area contributed by atoms with Gasteiger partial charge in [-0.1, -0.05) is 32.9 Å². The van der Waals surface area contributed by atoms with Gasteiger partial charge in [-0.2, -0.15) is 0 Å². The molecule has 3 heteroatoms. The zero-order chi connectivity index (χ0) is 14.2. The van der Waals surface area contributed by atoms with E-state index in [2.05, 4.69) is 33.8 Å².